The van der Waals surface area contributed by atoms with Gasteiger partial charge in [0.1, 0.15) is 11.5 Å². The van der Waals surface area contributed by atoms with E-state index in [9.17, 15) is 4.79 Å². The van der Waals surface area contributed by atoms with Crippen LogP contribution in [0.3, 0.4) is 0 Å². The van der Waals surface area contributed by atoms with Gasteiger partial charge in [0.05, 0.1) is 26.4 Å². The normalized spacial score (nSPS) is 10.9. The van der Waals surface area contributed by atoms with E-state index in [4.69, 9.17) is 30.6 Å². The van der Waals surface area contributed by atoms with E-state index in [1.54, 1.807) is 0 Å². The van der Waals surface area contributed by atoms with Gasteiger partial charge in [-0.15, -0.1) is 0 Å². The molecule has 0 aromatic carbocycles. The smallest absolute Gasteiger partial charge is 0.314 e. The Morgan fingerprint density at radius 3 is 1.47 bits per heavy atom. The molecule has 0 aliphatic rings. The molecule has 0 aromatic rings. The van der Waals surface area contributed by atoms with Crippen molar-refractivity contribution in [2.24, 2.45) is 5.41 Å². The molecular formula is C8H18O7. The zero-order valence-electron chi connectivity index (χ0n) is 8.50. The Labute approximate surface area is 87.2 Å². The number of carboxylic acids is 1. The minimum absolute atomic E-state index is 0.365. The average Bonchev–Trinajstić information content (AvgIpc) is 2.27. The summed E-state index contributed by atoms with van der Waals surface area (Å²) in [5.41, 5.74) is -1.39. The van der Waals surface area contributed by atoms with Gasteiger partial charge in [0.15, 0.2) is 0 Å². The van der Waals surface area contributed by atoms with E-state index in [2.05, 4.69) is 0 Å². The van der Waals surface area contributed by atoms with E-state index in [-0.39, 0.29) is 13.2 Å². The van der Waals surface area contributed by atoms with Gasteiger partial charge in [-0.3, -0.25) is 4.79 Å². The molecule has 0 unspecified atom stereocenters. The standard InChI is InChI=1S/C5H10O4.C3H8O3/c1-5(2-6,3-7)4(8)9;4-1-3(6)2-5/h6-7H,2-3H2,1H3,(H,8,9);3-6H,1-2H2. The molecule has 0 atom stereocenters. The summed E-state index contributed by atoms with van der Waals surface area (Å²) < 4.78 is 0. The summed E-state index contributed by atoms with van der Waals surface area (Å²) in [4.78, 5) is 10.2. The third-order valence-corrected chi connectivity index (χ3v) is 1.64. The molecule has 0 bridgehead atoms. The van der Waals surface area contributed by atoms with Crippen LogP contribution < -0.4 is 0 Å². The minimum atomic E-state index is -1.39. The Kier molecular flexibility index (Phi) is 9.53. The molecule has 6 N–H and O–H groups in total. The number of carboxylic acid groups (broad SMARTS) is 1. The van der Waals surface area contributed by atoms with Crippen LogP contribution in [0.4, 0.5) is 0 Å². The molecule has 0 saturated carbocycles. The van der Waals surface area contributed by atoms with Crippen molar-refractivity contribution in [3.05, 3.63) is 0 Å². The summed E-state index contributed by atoms with van der Waals surface area (Å²) >= 11 is 0. The largest absolute Gasteiger partial charge is 0.481 e. The molecule has 0 amide bonds. The summed E-state index contributed by atoms with van der Waals surface area (Å²) in [5, 5.41) is 49.2. The van der Waals surface area contributed by atoms with Crippen LogP contribution in [0, 0.1) is 5.41 Å². The highest BCUT2D eigenvalue weighted by atomic mass is 16.4. The summed E-state index contributed by atoms with van der Waals surface area (Å²) in [5.74, 6) is -1.19. The summed E-state index contributed by atoms with van der Waals surface area (Å²) in [6.07, 6.45) is -0.954. The molecular weight excluding hydrogens is 208 g/mol. The third-order valence-electron chi connectivity index (χ3n) is 1.64. The Morgan fingerprint density at radius 1 is 1.13 bits per heavy atom. The van der Waals surface area contributed by atoms with Gasteiger partial charge in [0.2, 0.25) is 0 Å². The monoisotopic (exact) mass is 226 g/mol. The maximum atomic E-state index is 10.2. The van der Waals surface area contributed by atoms with Crippen LogP contribution in [-0.2, 0) is 4.79 Å². The van der Waals surface area contributed by atoms with Crippen molar-refractivity contribution in [3.63, 3.8) is 0 Å². The van der Waals surface area contributed by atoms with Crippen molar-refractivity contribution < 1.29 is 35.4 Å². The summed E-state index contributed by atoms with van der Waals surface area (Å²) in [6.45, 7) is -0.542. The van der Waals surface area contributed by atoms with Crippen molar-refractivity contribution in [3.8, 4) is 0 Å². The van der Waals surface area contributed by atoms with Crippen molar-refractivity contribution in [1.82, 2.24) is 0 Å². The van der Waals surface area contributed by atoms with E-state index in [1.165, 1.54) is 6.92 Å². The Morgan fingerprint density at radius 2 is 1.47 bits per heavy atom. The molecule has 0 aliphatic carbocycles. The van der Waals surface area contributed by atoms with Crippen LogP contribution in [0.15, 0.2) is 0 Å². The lowest BCUT2D eigenvalue weighted by atomic mass is 9.94. The van der Waals surface area contributed by atoms with Crippen LogP contribution in [0.5, 0.6) is 0 Å². The fourth-order valence-corrected chi connectivity index (χ4v) is 0.243. The number of hydrogen-bond donors (Lipinski definition) is 6. The molecule has 7 nitrogen and oxygen atoms in total. The fourth-order valence-electron chi connectivity index (χ4n) is 0.243. The topological polar surface area (TPSA) is 138 Å². The predicted octanol–water partition coefficient (Wildman–Crippen LogP) is -2.61. The molecule has 92 valence electrons. The van der Waals surface area contributed by atoms with Gasteiger partial charge in [-0.05, 0) is 6.92 Å². The van der Waals surface area contributed by atoms with Crippen LogP contribution in [0.25, 0.3) is 0 Å². The van der Waals surface area contributed by atoms with Crippen molar-refractivity contribution >= 4 is 5.97 Å². The first-order chi connectivity index (χ1) is 6.87. The first-order valence-corrected chi connectivity index (χ1v) is 4.22. The van der Waals surface area contributed by atoms with Gasteiger partial charge in [-0.1, -0.05) is 0 Å². The van der Waals surface area contributed by atoms with Crippen molar-refractivity contribution in [2.45, 2.75) is 13.0 Å². The van der Waals surface area contributed by atoms with Crippen LogP contribution in [0.2, 0.25) is 0 Å². The highest BCUT2D eigenvalue weighted by molar-refractivity contribution is 5.74. The number of aliphatic carboxylic acids is 1. The predicted molar refractivity (Wildman–Crippen MR) is 50.1 cm³/mol. The molecule has 0 rings (SSSR count). The molecule has 0 fully saturated rings. The number of aliphatic hydroxyl groups is 5. The minimum Gasteiger partial charge on any atom is -0.481 e. The van der Waals surface area contributed by atoms with Gasteiger partial charge in [-0.25, -0.2) is 0 Å². The fraction of sp³-hybridized carbons (Fsp3) is 0.875. The number of rotatable bonds is 5. The zero-order chi connectivity index (χ0) is 12.5. The maximum absolute atomic E-state index is 10.2. The lowest BCUT2D eigenvalue weighted by molar-refractivity contribution is -0.152. The first-order valence-electron chi connectivity index (χ1n) is 4.22. The molecule has 7 heteroatoms. The van der Waals surface area contributed by atoms with E-state index >= 15 is 0 Å². The van der Waals surface area contributed by atoms with E-state index < -0.39 is 30.7 Å². The quantitative estimate of drug-likeness (QED) is 0.302. The van der Waals surface area contributed by atoms with E-state index in [1.807, 2.05) is 0 Å². The highest BCUT2D eigenvalue weighted by Gasteiger charge is 2.31. The van der Waals surface area contributed by atoms with E-state index in [0.717, 1.165) is 0 Å². The Hall–Kier alpha value is -0.730. The van der Waals surface area contributed by atoms with Crippen LogP contribution in [-0.4, -0.2) is 69.1 Å². The van der Waals surface area contributed by atoms with Crippen molar-refractivity contribution in [2.75, 3.05) is 26.4 Å². The number of hydrogen-bond acceptors (Lipinski definition) is 6. The van der Waals surface area contributed by atoms with E-state index in [0.29, 0.717) is 0 Å². The Bertz CT molecular complexity index is 162. The Balaban J connectivity index is 0. The lowest BCUT2D eigenvalue weighted by Crippen LogP contribution is -2.35. The highest BCUT2D eigenvalue weighted by Crippen LogP contribution is 2.12. The summed E-state index contributed by atoms with van der Waals surface area (Å²) in [7, 11) is 0. The van der Waals surface area contributed by atoms with Gasteiger partial charge in [-0.2, -0.15) is 0 Å². The zero-order valence-corrected chi connectivity index (χ0v) is 8.50. The lowest BCUT2D eigenvalue weighted by Gasteiger charge is -2.17. The van der Waals surface area contributed by atoms with Crippen LogP contribution >= 0.6 is 0 Å². The molecule has 0 aromatic heterocycles. The molecule has 0 heterocycles. The molecule has 0 spiro atoms. The molecule has 0 aliphatic heterocycles. The maximum Gasteiger partial charge on any atom is 0.314 e. The molecule has 15 heavy (non-hydrogen) atoms. The third kappa shape index (κ3) is 7.23. The second kappa shape index (κ2) is 8.57. The molecule has 0 radical (unpaired) electrons. The van der Waals surface area contributed by atoms with Gasteiger partial charge >= 0.3 is 5.97 Å². The van der Waals surface area contributed by atoms with Crippen molar-refractivity contribution in [1.29, 1.82) is 0 Å². The second-order valence-electron chi connectivity index (χ2n) is 3.20. The number of aliphatic hydroxyl groups excluding tert-OH is 5. The average molecular weight is 226 g/mol. The summed E-state index contributed by atoms with van der Waals surface area (Å²) in [6, 6.07) is 0. The first kappa shape index (κ1) is 16.7. The number of carbonyl (C=O) groups is 1. The second-order valence-corrected chi connectivity index (χ2v) is 3.20. The molecule has 0 saturated heterocycles. The SMILES string of the molecule is CC(CO)(CO)C(=O)O.OCC(O)CO. The van der Waals surface area contributed by atoms with Crippen LogP contribution in [0.1, 0.15) is 6.92 Å². The van der Waals surface area contributed by atoms with Gasteiger partial charge in [0.25, 0.3) is 0 Å². The van der Waals surface area contributed by atoms with Gasteiger partial charge < -0.3 is 30.6 Å². The van der Waals surface area contributed by atoms with Gasteiger partial charge in [0, 0.05) is 0 Å².